The zero-order valence-corrected chi connectivity index (χ0v) is 11.2. The summed E-state index contributed by atoms with van der Waals surface area (Å²) in [6, 6.07) is 0.850. The van der Waals surface area contributed by atoms with Crippen molar-refractivity contribution in [1.82, 2.24) is 4.90 Å². The molecular weight excluding hydrogens is 202 g/mol. The van der Waals surface area contributed by atoms with E-state index in [2.05, 4.69) is 32.6 Å². The number of hydrogen-bond acceptors (Lipinski definition) is 3. The lowest BCUT2D eigenvalue weighted by Crippen LogP contribution is -2.50. The zero-order chi connectivity index (χ0) is 12.3. The summed E-state index contributed by atoms with van der Waals surface area (Å²) in [5.41, 5.74) is 0. The van der Waals surface area contributed by atoms with E-state index in [-0.39, 0.29) is 12.0 Å². The third-order valence-corrected chi connectivity index (χ3v) is 3.90. The largest absolute Gasteiger partial charge is 0.469 e. The smallest absolute Gasteiger partial charge is 0.307 e. The fourth-order valence-corrected chi connectivity index (χ4v) is 2.78. The van der Waals surface area contributed by atoms with E-state index in [9.17, 15) is 4.79 Å². The minimum absolute atomic E-state index is 0.106. The third kappa shape index (κ3) is 3.21. The Morgan fingerprint density at radius 1 is 1.44 bits per heavy atom. The second-order valence-corrected chi connectivity index (χ2v) is 5.38. The Hall–Kier alpha value is -0.570. The van der Waals surface area contributed by atoms with Gasteiger partial charge in [0.2, 0.25) is 0 Å². The van der Waals surface area contributed by atoms with E-state index in [0.717, 1.165) is 12.5 Å². The Morgan fingerprint density at radius 3 is 2.62 bits per heavy atom. The number of likely N-dealkylation sites (tertiary alicyclic amines) is 1. The molecule has 3 nitrogen and oxygen atoms in total. The molecule has 0 amide bonds. The predicted octanol–water partition coefficient (Wildman–Crippen LogP) is 2.30. The number of esters is 1. The van der Waals surface area contributed by atoms with E-state index in [4.69, 9.17) is 4.74 Å². The minimum Gasteiger partial charge on any atom is -0.469 e. The number of hydrogen-bond donors (Lipinski definition) is 0. The fourth-order valence-electron chi connectivity index (χ4n) is 2.78. The Kier molecular flexibility index (Phi) is 4.78. The number of ether oxygens (including phenoxy) is 1. The van der Waals surface area contributed by atoms with E-state index in [1.807, 2.05) is 0 Å². The minimum atomic E-state index is -0.106. The van der Waals surface area contributed by atoms with Crippen LogP contribution in [0.3, 0.4) is 0 Å². The first-order chi connectivity index (χ1) is 7.45. The average Bonchev–Trinajstić information content (AvgIpc) is 2.22. The molecule has 0 spiro atoms. The van der Waals surface area contributed by atoms with Crippen LogP contribution in [0, 0.1) is 11.8 Å². The molecular formula is C13H25NO2. The first-order valence-corrected chi connectivity index (χ1v) is 6.28. The van der Waals surface area contributed by atoms with Crippen molar-refractivity contribution in [3.05, 3.63) is 0 Å². The highest BCUT2D eigenvalue weighted by Crippen LogP contribution is 2.29. The Labute approximate surface area is 99.1 Å². The number of nitrogens with zero attached hydrogens (tertiary/aromatic N) is 1. The molecule has 4 atom stereocenters. The van der Waals surface area contributed by atoms with E-state index in [1.54, 1.807) is 0 Å². The summed E-state index contributed by atoms with van der Waals surface area (Å²) in [4.78, 5) is 13.7. The molecule has 0 bridgehead atoms. The highest BCUT2D eigenvalue weighted by atomic mass is 16.5. The topological polar surface area (TPSA) is 29.5 Å². The van der Waals surface area contributed by atoms with Gasteiger partial charge in [0.1, 0.15) is 0 Å². The standard InChI is InChI=1S/C13H25NO2/c1-9-6-10(2)12(4)14(8-9)11(3)7-13(15)16-5/h9-12H,6-8H2,1-5H3. The summed E-state index contributed by atoms with van der Waals surface area (Å²) >= 11 is 0. The Balaban J connectivity index is 2.59. The number of carbonyl (C=O) groups is 1. The average molecular weight is 227 g/mol. The van der Waals surface area contributed by atoms with Crippen molar-refractivity contribution in [1.29, 1.82) is 0 Å². The summed E-state index contributed by atoms with van der Waals surface area (Å²) in [6.07, 6.45) is 1.79. The van der Waals surface area contributed by atoms with Crippen molar-refractivity contribution in [2.45, 2.75) is 52.6 Å². The molecule has 0 saturated carbocycles. The molecule has 0 aliphatic carbocycles. The molecule has 0 N–H and O–H groups in total. The van der Waals surface area contributed by atoms with Crippen molar-refractivity contribution in [3.8, 4) is 0 Å². The maximum absolute atomic E-state index is 11.3. The van der Waals surface area contributed by atoms with Crippen LogP contribution < -0.4 is 0 Å². The normalized spacial score (nSPS) is 33.4. The van der Waals surface area contributed by atoms with Crippen LogP contribution >= 0.6 is 0 Å². The number of methoxy groups -OCH3 is 1. The predicted molar refractivity (Wildman–Crippen MR) is 65.2 cm³/mol. The molecule has 1 heterocycles. The van der Waals surface area contributed by atoms with Gasteiger partial charge < -0.3 is 4.74 Å². The SMILES string of the molecule is COC(=O)CC(C)N1CC(C)CC(C)C1C. The summed E-state index contributed by atoms with van der Waals surface area (Å²) < 4.78 is 4.73. The van der Waals surface area contributed by atoms with Gasteiger partial charge in [-0.25, -0.2) is 0 Å². The highest BCUT2D eigenvalue weighted by Gasteiger charge is 2.32. The van der Waals surface area contributed by atoms with Crippen LogP contribution in [-0.4, -0.2) is 36.6 Å². The van der Waals surface area contributed by atoms with Gasteiger partial charge >= 0.3 is 5.97 Å². The molecule has 0 aromatic rings. The van der Waals surface area contributed by atoms with Crippen LogP contribution in [0.25, 0.3) is 0 Å². The molecule has 0 radical (unpaired) electrons. The van der Waals surface area contributed by atoms with Gasteiger partial charge in [-0.05, 0) is 32.1 Å². The van der Waals surface area contributed by atoms with Crippen molar-refractivity contribution in [3.63, 3.8) is 0 Å². The van der Waals surface area contributed by atoms with Gasteiger partial charge in [-0.1, -0.05) is 13.8 Å². The summed E-state index contributed by atoms with van der Waals surface area (Å²) in [6.45, 7) is 10.1. The van der Waals surface area contributed by atoms with Crippen LogP contribution in [-0.2, 0) is 9.53 Å². The van der Waals surface area contributed by atoms with Gasteiger partial charge in [-0.3, -0.25) is 9.69 Å². The molecule has 16 heavy (non-hydrogen) atoms. The molecule has 0 aromatic carbocycles. The van der Waals surface area contributed by atoms with Crippen molar-refractivity contribution in [2.24, 2.45) is 11.8 Å². The monoisotopic (exact) mass is 227 g/mol. The van der Waals surface area contributed by atoms with E-state index in [0.29, 0.717) is 18.4 Å². The van der Waals surface area contributed by atoms with Crippen LogP contribution in [0.15, 0.2) is 0 Å². The molecule has 1 aliphatic heterocycles. The first kappa shape index (κ1) is 13.5. The molecule has 1 aliphatic rings. The molecule has 0 aromatic heterocycles. The molecule has 4 unspecified atom stereocenters. The van der Waals surface area contributed by atoms with Gasteiger partial charge in [0, 0.05) is 18.6 Å². The van der Waals surface area contributed by atoms with Gasteiger partial charge in [-0.15, -0.1) is 0 Å². The van der Waals surface area contributed by atoms with Crippen molar-refractivity contribution in [2.75, 3.05) is 13.7 Å². The van der Waals surface area contributed by atoms with Crippen molar-refractivity contribution >= 4 is 5.97 Å². The lowest BCUT2D eigenvalue weighted by atomic mass is 9.85. The maximum Gasteiger partial charge on any atom is 0.307 e. The van der Waals surface area contributed by atoms with Gasteiger partial charge in [0.05, 0.1) is 13.5 Å². The van der Waals surface area contributed by atoms with Crippen LogP contribution in [0.1, 0.15) is 40.5 Å². The zero-order valence-electron chi connectivity index (χ0n) is 11.2. The number of carbonyl (C=O) groups excluding carboxylic acids is 1. The molecule has 1 fully saturated rings. The van der Waals surface area contributed by atoms with E-state index < -0.39 is 0 Å². The van der Waals surface area contributed by atoms with E-state index in [1.165, 1.54) is 13.5 Å². The van der Waals surface area contributed by atoms with Crippen LogP contribution in [0.5, 0.6) is 0 Å². The maximum atomic E-state index is 11.3. The van der Waals surface area contributed by atoms with Gasteiger partial charge in [0.25, 0.3) is 0 Å². The molecule has 1 saturated heterocycles. The lowest BCUT2D eigenvalue weighted by molar-refractivity contribution is -0.142. The second-order valence-electron chi connectivity index (χ2n) is 5.38. The van der Waals surface area contributed by atoms with Crippen LogP contribution in [0.4, 0.5) is 0 Å². The van der Waals surface area contributed by atoms with Crippen LogP contribution in [0.2, 0.25) is 0 Å². The fraction of sp³-hybridized carbons (Fsp3) is 0.923. The molecule has 1 rings (SSSR count). The van der Waals surface area contributed by atoms with E-state index >= 15 is 0 Å². The molecule has 94 valence electrons. The summed E-state index contributed by atoms with van der Waals surface area (Å²) in [7, 11) is 1.46. The van der Waals surface area contributed by atoms with Crippen molar-refractivity contribution < 1.29 is 9.53 Å². The Morgan fingerprint density at radius 2 is 2.06 bits per heavy atom. The number of piperidine rings is 1. The Bertz CT molecular complexity index is 242. The quantitative estimate of drug-likeness (QED) is 0.693. The first-order valence-electron chi connectivity index (χ1n) is 6.28. The van der Waals surface area contributed by atoms with Gasteiger partial charge in [0.15, 0.2) is 0 Å². The summed E-state index contributed by atoms with van der Waals surface area (Å²) in [5, 5.41) is 0. The summed E-state index contributed by atoms with van der Waals surface area (Å²) in [5.74, 6) is 1.33. The lowest BCUT2D eigenvalue weighted by Gasteiger charge is -2.44. The third-order valence-electron chi connectivity index (χ3n) is 3.90. The second kappa shape index (κ2) is 5.67. The molecule has 3 heteroatoms. The number of rotatable bonds is 3. The highest BCUT2D eigenvalue weighted by molar-refractivity contribution is 5.69. The van der Waals surface area contributed by atoms with Gasteiger partial charge in [-0.2, -0.15) is 0 Å².